The summed E-state index contributed by atoms with van der Waals surface area (Å²) < 4.78 is 17.0. The molecule has 6 heteroatoms. The van der Waals surface area contributed by atoms with Crippen molar-refractivity contribution in [3.63, 3.8) is 0 Å². The number of hydrogen-bond donors (Lipinski definition) is 0. The van der Waals surface area contributed by atoms with Crippen molar-refractivity contribution in [2.75, 3.05) is 13.2 Å². The maximum atomic E-state index is 12.9. The van der Waals surface area contributed by atoms with Crippen LogP contribution in [0.15, 0.2) is 36.5 Å². The van der Waals surface area contributed by atoms with Gasteiger partial charge in [-0.1, -0.05) is 320 Å². The molecule has 0 heterocycles. The van der Waals surface area contributed by atoms with E-state index in [1.165, 1.54) is 270 Å². The topological polar surface area (TPSA) is 78.9 Å². The summed E-state index contributed by atoms with van der Waals surface area (Å²) in [7, 11) is 0. The second-order valence-corrected chi connectivity index (χ2v) is 23.4. The summed E-state index contributed by atoms with van der Waals surface area (Å²) in [5.41, 5.74) is 0. The average Bonchev–Trinajstić information content (AvgIpc) is 3.43. The number of esters is 3. The monoisotopic (exact) mass is 1080 g/mol. The summed E-state index contributed by atoms with van der Waals surface area (Å²) in [6, 6.07) is 0. The molecule has 0 aliphatic carbocycles. The van der Waals surface area contributed by atoms with Gasteiger partial charge in [-0.05, 0) is 77.0 Å². The molecule has 0 amide bonds. The van der Waals surface area contributed by atoms with E-state index in [0.717, 1.165) is 70.6 Å². The fourth-order valence-electron chi connectivity index (χ4n) is 10.4. The second-order valence-electron chi connectivity index (χ2n) is 23.4. The van der Waals surface area contributed by atoms with Crippen molar-refractivity contribution in [1.29, 1.82) is 0 Å². The second kappa shape index (κ2) is 66.1. The lowest BCUT2D eigenvalue weighted by Gasteiger charge is -2.18. The molecule has 452 valence electrons. The normalized spacial score (nSPS) is 12.2. The minimum absolute atomic E-state index is 0.0702. The predicted octanol–water partition coefficient (Wildman–Crippen LogP) is 23.6. The van der Waals surface area contributed by atoms with E-state index >= 15 is 0 Å². The van der Waals surface area contributed by atoms with Gasteiger partial charge >= 0.3 is 17.9 Å². The van der Waals surface area contributed by atoms with Gasteiger partial charge in [-0.2, -0.15) is 0 Å². The fourth-order valence-corrected chi connectivity index (χ4v) is 10.4. The van der Waals surface area contributed by atoms with Gasteiger partial charge in [0.15, 0.2) is 6.10 Å². The molecule has 0 bridgehead atoms. The molecule has 1 atom stereocenters. The summed E-state index contributed by atoms with van der Waals surface area (Å²) in [4.78, 5) is 38.4. The van der Waals surface area contributed by atoms with Gasteiger partial charge in [0, 0.05) is 19.3 Å². The molecule has 0 aromatic rings. The third-order valence-corrected chi connectivity index (χ3v) is 15.6. The van der Waals surface area contributed by atoms with Gasteiger partial charge in [-0.15, -0.1) is 0 Å². The molecule has 1 unspecified atom stereocenters. The maximum absolute atomic E-state index is 12.9. The van der Waals surface area contributed by atoms with Crippen LogP contribution in [0, 0.1) is 0 Å². The minimum Gasteiger partial charge on any atom is -0.462 e. The highest BCUT2D eigenvalue weighted by Crippen LogP contribution is 2.18. The largest absolute Gasteiger partial charge is 0.462 e. The van der Waals surface area contributed by atoms with E-state index in [0.29, 0.717) is 19.3 Å². The molecular weight excluding hydrogens is 949 g/mol. The van der Waals surface area contributed by atoms with Crippen LogP contribution in [0.3, 0.4) is 0 Å². The third kappa shape index (κ3) is 64.3. The van der Waals surface area contributed by atoms with E-state index in [1.54, 1.807) is 0 Å². The lowest BCUT2D eigenvalue weighted by Crippen LogP contribution is -2.30. The van der Waals surface area contributed by atoms with Gasteiger partial charge in [0.05, 0.1) is 0 Å². The van der Waals surface area contributed by atoms with Crippen LogP contribution < -0.4 is 0 Å². The van der Waals surface area contributed by atoms with Crippen LogP contribution in [-0.4, -0.2) is 37.2 Å². The maximum Gasteiger partial charge on any atom is 0.306 e. The molecule has 0 aliphatic heterocycles. The first-order chi connectivity index (χ1) is 38.0. The summed E-state index contributed by atoms with van der Waals surface area (Å²) in [6.45, 7) is 6.68. The molecule has 0 spiro atoms. The van der Waals surface area contributed by atoms with E-state index in [4.69, 9.17) is 14.2 Å². The molecule has 0 aromatic heterocycles. The van der Waals surface area contributed by atoms with Crippen LogP contribution in [0.2, 0.25) is 0 Å². The highest BCUT2D eigenvalue weighted by molar-refractivity contribution is 5.71. The standard InChI is InChI=1S/C71H132O6/c1-4-7-10-13-16-19-22-25-28-30-31-32-33-34-35-36-37-38-39-41-43-46-49-52-55-58-61-64-70(73)76-67-68(66-75-69(72)63-60-57-54-51-48-45-42-27-24-21-18-15-12-9-6-3)77-71(74)65-62-59-56-53-50-47-44-40-29-26-23-20-17-14-11-8-5-2/h17,20,26,29-31,68H,4-16,18-19,21-25,27-28,32-67H2,1-3H3/b20-17-,29-26-,31-30-. The summed E-state index contributed by atoms with van der Waals surface area (Å²) >= 11 is 0. The number of hydrogen-bond acceptors (Lipinski definition) is 6. The highest BCUT2D eigenvalue weighted by Gasteiger charge is 2.19. The zero-order valence-corrected chi connectivity index (χ0v) is 52.0. The summed E-state index contributed by atoms with van der Waals surface area (Å²) in [6.07, 6.45) is 81.7. The molecule has 0 N–H and O–H groups in total. The molecule has 6 nitrogen and oxygen atoms in total. The van der Waals surface area contributed by atoms with Crippen molar-refractivity contribution in [3.05, 3.63) is 36.5 Å². The van der Waals surface area contributed by atoms with Gasteiger partial charge in [-0.3, -0.25) is 14.4 Å². The van der Waals surface area contributed by atoms with Crippen molar-refractivity contribution in [2.45, 2.75) is 386 Å². The Morgan fingerprint density at radius 3 is 0.753 bits per heavy atom. The molecule has 0 aliphatic rings. The first-order valence-corrected chi connectivity index (χ1v) is 34.5. The summed E-state index contributed by atoms with van der Waals surface area (Å²) in [5, 5.41) is 0. The van der Waals surface area contributed by atoms with Crippen LogP contribution in [-0.2, 0) is 28.6 Å². The Hall–Kier alpha value is -2.37. The lowest BCUT2D eigenvalue weighted by molar-refractivity contribution is -0.167. The van der Waals surface area contributed by atoms with Gasteiger partial charge in [0.25, 0.3) is 0 Å². The number of rotatable bonds is 64. The van der Waals surface area contributed by atoms with Crippen molar-refractivity contribution in [3.8, 4) is 0 Å². The van der Waals surface area contributed by atoms with Crippen molar-refractivity contribution in [1.82, 2.24) is 0 Å². The van der Waals surface area contributed by atoms with Gasteiger partial charge in [-0.25, -0.2) is 0 Å². The highest BCUT2D eigenvalue weighted by atomic mass is 16.6. The van der Waals surface area contributed by atoms with E-state index < -0.39 is 6.10 Å². The fraction of sp³-hybridized carbons (Fsp3) is 0.873. The molecule has 0 rings (SSSR count). The Kier molecular flexibility index (Phi) is 64.1. The molecule has 0 saturated heterocycles. The quantitative estimate of drug-likeness (QED) is 0.0261. The first-order valence-electron chi connectivity index (χ1n) is 34.5. The van der Waals surface area contributed by atoms with E-state index in [1.807, 2.05) is 0 Å². The van der Waals surface area contributed by atoms with Gasteiger partial charge in [0.1, 0.15) is 13.2 Å². The molecular formula is C71H132O6. The SMILES string of the molecule is CCCCC/C=C\C/C=C\CCCCCCCCCC(=O)OC(COC(=O)CCCCCCCCCCCCCCCCC)COC(=O)CCCCCCCCCCCCCCCCC/C=C\CCCCCCCCCC. The van der Waals surface area contributed by atoms with Crippen LogP contribution in [0.5, 0.6) is 0 Å². The molecule has 0 radical (unpaired) electrons. The molecule has 0 fully saturated rings. The van der Waals surface area contributed by atoms with Crippen molar-refractivity contribution >= 4 is 17.9 Å². The third-order valence-electron chi connectivity index (χ3n) is 15.6. The molecule has 77 heavy (non-hydrogen) atoms. The average molecular weight is 1080 g/mol. The first kappa shape index (κ1) is 74.6. The number of carbonyl (C=O) groups is 3. The van der Waals surface area contributed by atoms with Crippen LogP contribution in [0.25, 0.3) is 0 Å². The van der Waals surface area contributed by atoms with Crippen LogP contribution in [0.4, 0.5) is 0 Å². The predicted molar refractivity (Wildman–Crippen MR) is 335 cm³/mol. The smallest absolute Gasteiger partial charge is 0.306 e. The summed E-state index contributed by atoms with van der Waals surface area (Å²) in [5.74, 6) is -0.850. The Morgan fingerprint density at radius 1 is 0.260 bits per heavy atom. The number of unbranched alkanes of at least 4 members (excludes halogenated alkanes) is 47. The lowest BCUT2D eigenvalue weighted by atomic mass is 10.0. The number of ether oxygens (including phenoxy) is 3. The Morgan fingerprint density at radius 2 is 0.468 bits per heavy atom. The Bertz CT molecular complexity index is 1290. The molecule has 0 saturated carbocycles. The van der Waals surface area contributed by atoms with Crippen LogP contribution in [0.1, 0.15) is 380 Å². The van der Waals surface area contributed by atoms with Gasteiger partial charge in [0.2, 0.25) is 0 Å². The Labute approximate surface area is 480 Å². The zero-order chi connectivity index (χ0) is 55.7. The van der Waals surface area contributed by atoms with Crippen molar-refractivity contribution in [2.24, 2.45) is 0 Å². The van der Waals surface area contributed by atoms with E-state index in [9.17, 15) is 14.4 Å². The Balaban J connectivity index is 4.23. The van der Waals surface area contributed by atoms with Crippen molar-refractivity contribution < 1.29 is 28.6 Å². The number of carbonyl (C=O) groups excluding carboxylic acids is 3. The minimum atomic E-state index is -0.774. The van der Waals surface area contributed by atoms with E-state index in [2.05, 4.69) is 57.2 Å². The van der Waals surface area contributed by atoms with E-state index in [-0.39, 0.29) is 31.1 Å². The number of allylic oxidation sites excluding steroid dienone is 6. The molecule has 0 aromatic carbocycles. The van der Waals surface area contributed by atoms with Crippen LogP contribution >= 0.6 is 0 Å². The van der Waals surface area contributed by atoms with Gasteiger partial charge < -0.3 is 14.2 Å². The zero-order valence-electron chi connectivity index (χ0n) is 52.0.